The van der Waals surface area contributed by atoms with Crippen LogP contribution in [0.25, 0.3) is 0 Å². The Morgan fingerprint density at radius 2 is 2.21 bits per heavy atom. The number of hydrogen-bond donors (Lipinski definition) is 3. The third-order valence-corrected chi connectivity index (χ3v) is 5.35. The zero-order valence-corrected chi connectivity index (χ0v) is 16.2. The quantitative estimate of drug-likeness (QED) is 0.682. The lowest BCUT2D eigenvalue weighted by molar-refractivity contribution is -0.139. The average molecular weight is 386 g/mol. The van der Waals surface area contributed by atoms with E-state index in [1.54, 1.807) is 18.0 Å². The Morgan fingerprint density at radius 3 is 2.93 bits per heavy atom. The van der Waals surface area contributed by atoms with E-state index in [1.165, 1.54) is 0 Å². The van der Waals surface area contributed by atoms with Gasteiger partial charge in [0.15, 0.2) is 5.82 Å². The molecule has 1 saturated heterocycles. The number of aromatic nitrogens is 4. The summed E-state index contributed by atoms with van der Waals surface area (Å²) in [6.07, 6.45) is 5.86. The van der Waals surface area contributed by atoms with E-state index in [1.807, 2.05) is 13.1 Å². The number of carbonyl (C=O) groups excluding carboxylic acids is 2. The van der Waals surface area contributed by atoms with Crippen molar-refractivity contribution in [1.82, 2.24) is 30.4 Å². The standard InChI is InChI=1S/C19H26N6O3/c1-11(21-19(27)15-9-20-8-14(15)13-3-4-13)16-10-25(5-6-28-16)18(26)7-17-22-12(2)23-24-17/h8-9,11,13,16,20H,3-7,10H2,1-2H3,(H,21,27)(H,22,23,24). The zero-order valence-electron chi connectivity index (χ0n) is 16.2. The minimum Gasteiger partial charge on any atom is -0.372 e. The van der Waals surface area contributed by atoms with Crippen molar-refractivity contribution in [3.63, 3.8) is 0 Å². The molecule has 9 heteroatoms. The lowest BCUT2D eigenvalue weighted by Crippen LogP contribution is -2.54. The van der Waals surface area contributed by atoms with Crippen LogP contribution in [0, 0.1) is 6.92 Å². The van der Waals surface area contributed by atoms with Crippen molar-refractivity contribution in [3.05, 3.63) is 35.2 Å². The second-order valence-corrected chi connectivity index (χ2v) is 7.62. The topological polar surface area (TPSA) is 116 Å². The van der Waals surface area contributed by atoms with E-state index in [0.717, 1.165) is 18.4 Å². The van der Waals surface area contributed by atoms with E-state index in [0.29, 0.717) is 42.8 Å². The number of hydrogen-bond acceptors (Lipinski definition) is 5. The SMILES string of the molecule is Cc1nc(CC(=O)N2CCOC(C(C)NC(=O)c3c[nH]cc3C3CC3)C2)n[nH]1. The van der Waals surface area contributed by atoms with Gasteiger partial charge in [-0.15, -0.1) is 0 Å². The molecule has 0 spiro atoms. The van der Waals surface area contributed by atoms with E-state index < -0.39 is 0 Å². The molecular weight excluding hydrogens is 360 g/mol. The molecule has 3 heterocycles. The van der Waals surface area contributed by atoms with Gasteiger partial charge >= 0.3 is 0 Å². The molecule has 150 valence electrons. The summed E-state index contributed by atoms with van der Waals surface area (Å²) in [6.45, 7) is 5.13. The van der Waals surface area contributed by atoms with Crippen molar-refractivity contribution in [2.75, 3.05) is 19.7 Å². The molecule has 2 aromatic rings. The fourth-order valence-corrected chi connectivity index (χ4v) is 3.60. The first-order valence-electron chi connectivity index (χ1n) is 9.76. The van der Waals surface area contributed by atoms with Gasteiger partial charge in [0.05, 0.1) is 30.7 Å². The highest BCUT2D eigenvalue weighted by Gasteiger charge is 2.32. The molecule has 2 atom stereocenters. The molecule has 1 aliphatic heterocycles. The van der Waals surface area contributed by atoms with Gasteiger partial charge in [-0.05, 0) is 38.2 Å². The Kier molecular flexibility index (Phi) is 5.17. The van der Waals surface area contributed by atoms with Gasteiger partial charge < -0.3 is 19.9 Å². The van der Waals surface area contributed by atoms with Crippen LogP contribution in [0.2, 0.25) is 0 Å². The number of nitrogens with zero attached hydrogens (tertiary/aromatic N) is 3. The van der Waals surface area contributed by atoms with Crippen LogP contribution < -0.4 is 5.32 Å². The fourth-order valence-electron chi connectivity index (χ4n) is 3.60. The Bertz CT molecular complexity index is 855. The average Bonchev–Trinajstić information content (AvgIpc) is 3.26. The second-order valence-electron chi connectivity index (χ2n) is 7.62. The molecule has 0 aromatic carbocycles. The van der Waals surface area contributed by atoms with E-state index in [2.05, 4.69) is 25.5 Å². The number of amides is 2. The van der Waals surface area contributed by atoms with Crippen LogP contribution in [0.3, 0.4) is 0 Å². The maximum Gasteiger partial charge on any atom is 0.253 e. The summed E-state index contributed by atoms with van der Waals surface area (Å²) in [4.78, 5) is 34.2. The molecule has 2 fully saturated rings. The number of aryl methyl sites for hydroxylation is 1. The van der Waals surface area contributed by atoms with E-state index in [-0.39, 0.29) is 30.4 Å². The number of carbonyl (C=O) groups is 2. The Morgan fingerprint density at radius 1 is 1.39 bits per heavy atom. The van der Waals surface area contributed by atoms with Crippen molar-refractivity contribution in [1.29, 1.82) is 0 Å². The number of nitrogens with one attached hydrogen (secondary N) is 3. The zero-order chi connectivity index (χ0) is 19.7. The van der Waals surface area contributed by atoms with E-state index in [9.17, 15) is 9.59 Å². The molecule has 28 heavy (non-hydrogen) atoms. The van der Waals surface area contributed by atoms with Gasteiger partial charge in [-0.3, -0.25) is 14.7 Å². The van der Waals surface area contributed by atoms with E-state index in [4.69, 9.17) is 4.74 Å². The van der Waals surface area contributed by atoms with Gasteiger partial charge in [0, 0.05) is 25.5 Å². The van der Waals surface area contributed by atoms with Gasteiger partial charge in [0.1, 0.15) is 5.82 Å². The summed E-state index contributed by atoms with van der Waals surface area (Å²) < 4.78 is 5.83. The van der Waals surface area contributed by atoms with Crippen LogP contribution in [0.15, 0.2) is 12.4 Å². The van der Waals surface area contributed by atoms with Crippen molar-refractivity contribution < 1.29 is 14.3 Å². The Hall–Kier alpha value is -2.68. The summed E-state index contributed by atoms with van der Waals surface area (Å²) in [5.41, 5.74) is 1.80. The smallest absolute Gasteiger partial charge is 0.253 e. The summed E-state index contributed by atoms with van der Waals surface area (Å²) in [5, 5.41) is 9.81. The predicted octanol–water partition coefficient (Wildman–Crippen LogP) is 0.907. The summed E-state index contributed by atoms with van der Waals surface area (Å²) in [6, 6.07) is -0.212. The molecule has 2 aliphatic rings. The van der Waals surface area contributed by atoms with Gasteiger partial charge in [-0.25, -0.2) is 4.98 Å². The van der Waals surface area contributed by atoms with Gasteiger partial charge in [-0.1, -0.05) is 0 Å². The first kappa shape index (κ1) is 18.7. The fraction of sp³-hybridized carbons (Fsp3) is 0.579. The molecule has 9 nitrogen and oxygen atoms in total. The number of rotatable bonds is 6. The molecule has 0 radical (unpaired) electrons. The minimum absolute atomic E-state index is 0.0347. The molecule has 2 unspecified atom stereocenters. The largest absolute Gasteiger partial charge is 0.372 e. The number of ether oxygens (including phenoxy) is 1. The molecular formula is C19H26N6O3. The lowest BCUT2D eigenvalue weighted by Gasteiger charge is -2.36. The first-order chi connectivity index (χ1) is 13.5. The van der Waals surface area contributed by atoms with E-state index >= 15 is 0 Å². The minimum atomic E-state index is -0.251. The molecule has 2 aromatic heterocycles. The van der Waals surface area contributed by atoms with Crippen LogP contribution >= 0.6 is 0 Å². The van der Waals surface area contributed by atoms with Crippen LogP contribution in [-0.2, 0) is 16.0 Å². The second kappa shape index (κ2) is 7.75. The normalized spacial score (nSPS) is 20.8. The highest BCUT2D eigenvalue weighted by Crippen LogP contribution is 2.41. The number of morpholine rings is 1. The highest BCUT2D eigenvalue weighted by molar-refractivity contribution is 5.96. The van der Waals surface area contributed by atoms with Crippen molar-refractivity contribution in [3.8, 4) is 0 Å². The third-order valence-electron chi connectivity index (χ3n) is 5.35. The maximum atomic E-state index is 12.7. The van der Waals surface area contributed by atoms with Crippen LogP contribution in [0.5, 0.6) is 0 Å². The van der Waals surface area contributed by atoms with Crippen LogP contribution in [0.1, 0.15) is 53.3 Å². The molecule has 1 aliphatic carbocycles. The maximum absolute atomic E-state index is 12.7. The van der Waals surface area contributed by atoms with Crippen LogP contribution in [-0.4, -0.2) is 68.7 Å². The first-order valence-corrected chi connectivity index (χ1v) is 9.76. The molecule has 2 amide bonds. The summed E-state index contributed by atoms with van der Waals surface area (Å²) in [5.74, 6) is 1.55. The van der Waals surface area contributed by atoms with Gasteiger partial charge in [-0.2, -0.15) is 5.10 Å². The monoisotopic (exact) mass is 386 g/mol. The predicted molar refractivity (Wildman–Crippen MR) is 101 cm³/mol. The molecule has 4 rings (SSSR count). The molecule has 0 bridgehead atoms. The molecule has 1 saturated carbocycles. The van der Waals surface area contributed by atoms with Crippen molar-refractivity contribution in [2.45, 2.75) is 51.2 Å². The number of H-pyrrole nitrogens is 2. The summed E-state index contributed by atoms with van der Waals surface area (Å²) in [7, 11) is 0. The highest BCUT2D eigenvalue weighted by atomic mass is 16.5. The number of aromatic amines is 2. The van der Waals surface area contributed by atoms with Crippen molar-refractivity contribution >= 4 is 11.8 Å². The van der Waals surface area contributed by atoms with Gasteiger partial charge in [0.25, 0.3) is 5.91 Å². The molecule has 3 N–H and O–H groups in total. The van der Waals surface area contributed by atoms with Gasteiger partial charge in [0.2, 0.25) is 5.91 Å². The Labute approximate surface area is 163 Å². The third kappa shape index (κ3) is 4.09. The Balaban J connectivity index is 1.33. The lowest BCUT2D eigenvalue weighted by atomic mass is 10.1. The summed E-state index contributed by atoms with van der Waals surface area (Å²) >= 11 is 0. The van der Waals surface area contributed by atoms with Crippen LogP contribution in [0.4, 0.5) is 0 Å². The van der Waals surface area contributed by atoms with Crippen molar-refractivity contribution in [2.24, 2.45) is 0 Å².